The number of allylic oxidation sites excluding steroid dienone is 2. The smallest absolute Gasteiger partial charge is 0.349 e. The van der Waals surface area contributed by atoms with Gasteiger partial charge in [0.2, 0.25) is 0 Å². The van der Waals surface area contributed by atoms with Gasteiger partial charge in [-0.05, 0) is 48.6 Å². The molecule has 1 aliphatic carbocycles. The predicted molar refractivity (Wildman–Crippen MR) is 88.1 cm³/mol. The van der Waals surface area contributed by atoms with Gasteiger partial charge in [0.25, 0.3) is 0 Å². The van der Waals surface area contributed by atoms with E-state index in [1.807, 2.05) is 13.0 Å². The number of hydrogen-bond donors (Lipinski definition) is 0. The molecule has 1 aliphatic rings. The van der Waals surface area contributed by atoms with Crippen LogP contribution in [0.1, 0.15) is 41.3 Å². The quantitative estimate of drug-likeness (QED) is 0.319. The Kier molecular flexibility index (Phi) is 5.11. The summed E-state index contributed by atoms with van der Waals surface area (Å²) < 4.78 is 60.0. The highest BCUT2D eigenvalue weighted by atomic mass is 19.2. The van der Waals surface area contributed by atoms with Gasteiger partial charge in [0, 0.05) is 6.07 Å². The van der Waals surface area contributed by atoms with Gasteiger partial charge in [-0.1, -0.05) is 25.0 Å². The lowest BCUT2D eigenvalue weighted by Gasteiger charge is -2.19. The summed E-state index contributed by atoms with van der Waals surface area (Å²) in [5, 5.41) is 0. The van der Waals surface area contributed by atoms with E-state index in [9.17, 15) is 22.4 Å². The molecular weight excluding hydrogens is 348 g/mol. The fourth-order valence-electron chi connectivity index (χ4n) is 3.05. The van der Waals surface area contributed by atoms with Crippen LogP contribution in [0.4, 0.5) is 17.6 Å². The van der Waals surface area contributed by atoms with Crippen LogP contribution in [0.5, 0.6) is 5.75 Å². The first kappa shape index (κ1) is 18.2. The van der Waals surface area contributed by atoms with Gasteiger partial charge in [-0.15, -0.1) is 0 Å². The second-order valence-electron chi connectivity index (χ2n) is 6.14. The maximum Gasteiger partial charge on any atom is 0.349 e. The van der Waals surface area contributed by atoms with E-state index in [0.717, 1.165) is 36.6 Å². The number of carbonyl (C=O) groups excluding carboxylic acids is 1. The molecule has 26 heavy (non-hydrogen) atoms. The Morgan fingerprint density at radius 1 is 1.08 bits per heavy atom. The Morgan fingerprint density at radius 3 is 2.54 bits per heavy atom. The highest BCUT2D eigenvalue weighted by molar-refractivity contribution is 5.92. The normalized spacial score (nSPS) is 13.2. The summed E-state index contributed by atoms with van der Waals surface area (Å²) in [6.45, 7) is 2.02. The zero-order chi connectivity index (χ0) is 18.8. The Bertz CT molecular complexity index is 903. The fraction of sp³-hybridized carbons (Fsp3) is 0.250. The highest BCUT2D eigenvalue weighted by Crippen LogP contribution is 2.30. The van der Waals surface area contributed by atoms with Crippen molar-refractivity contribution in [2.75, 3.05) is 0 Å². The Balaban J connectivity index is 1.90. The SMILES string of the molecule is CCCC1=CCc2c(cc(F)c(C(=O)Oc3ccc(F)c(F)c3)c2F)C1. The molecule has 0 fully saturated rings. The summed E-state index contributed by atoms with van der Waals surface area (Å²) in [5.74, 6) is -5.99. The minimum atomic E-state index is -1.29. The Labute approximate surface area is 148 Å². The maximum absolute atomic E-state index is 14.7. The van der Waals surface area contributed by atoms with E-state index < -0.39 is 34.8 Å². The summed E-state index contributed by atoms with van der Waals surface area (Å²) >= 11 is 0. The molecule has 0 heterocycles. The van der Waals surface area contributed by atoms with Gasteiger partial charge in [0.1, 0.15) is 22.9 Å². The number of esters is 1. The van der Waals surface area contributed by atoms with E-state index in [4.69, 9.17) is 4.74 Å². The number of ether oxygens (including phenoxy) is 1. The molecule has 3 rings (SSSR count). The number of hydrogen-bond acceptors (Lipinski definition) is 2. The zero-order valence-corrected chi connectivity index (χ0v) is 14.0. The van der Waals surface area contributed by atoms with Crippen molar-refractivity contribution in [3.8, 4) is 5.75 Å². The minimum Gasteiger partial charge on any atom is -0.423 e. The molecule has 2 nitrogen and oxygen atoms in total. The molecule has 0 spiro atoms. The molecule has 0 bridgehead atoms. The lowest BCUT2D eigenvalue weighted by molar-refractivity contribution is 0.0723. The molecule has 0 unspecified atom stereocenters. The third-order valence-electron chi connectivity index (χ3n) is 4.30. The Hall–Kier alpha value is -2.63. The van der Waals surface area contributed by atoms with Crippen LogP contribution in [0.2, 0.25) is 0 Å². The number of carbonyl (C=O) groups is 1. The van der Waals surface area contributed by atoms with E-state index in [1.54, 1.807) is 0 Å². The lowest BCUT2D eigenvalue weighted by atomic mass is 9.88. The molecule has 0 N–H and O–H groups in total. The first-order valence-corrected chi connectivity index (χ1v) is 8.25. The highest BCUT2D eigenvalue weighted by Gasteiger charge is 2.26. The summed E-state index contributed by atoms with van der Waals surface area (Å²) in [5.41, 5.74) is 1.04. The predicted octanol–water partition coefficient (Wildman–Crippen LogP) is 5.29. The molecule has 0 radical (unpaired) electrons. The third kappa shape index (κ3) is 3.49. The van der Waals surface area contributed by atoms with Crippen LogP contribution in [0, 0.1) is 23.3 Å². The number of fused-ring (bicyclic) bond motifs is 1. The standard InChI is InChI=1S/C20H16F4O2/c1-2-3-11-4-6-14-12(8-11)9-17(23)18(19(14)24)20(25)26-13-5-7-15(21)16(22)10-13/h4-5,7,9-10H,2-3,6,8H2,1H3. The van der Waals surface area contributed by atoms with Crippen LogP contribution in [-0.4, -0.2) is 5.97 Å². The van der Waals surface area contributed by atoms with E-state index >= 15 is 0 Å². The molecular formula is C20H16F4O2. The monoisotopic (exact) mass is 364 g/mol. The molecule has 2 aromatic carbocycles. The van der Waals surface area contributed by atoms with Crippen molar-refractivity contribution in [2.24, 2.45) is 0 Å². The molecule has 0 amide bonds. The van der Waals surface area contributed by atoms with Crippen molar-refractivity contribution < 1.29 is 27.1 Å². The molecule has 136 valence electrons. The van der Waals surface area contributed by atoms with Crippen molar-refractivity contribution >= 4 is 5.97 Å². The van der Waals surface area contributed by atoms with Gasteiger partial charge >= 0.3 is 5.97 Å². The number of rotatable bonds is 4. The second-order valence-corrected chi connectivity index (χ2v) is 6.14. The van der Waals surface area contributed by atoms with Gasteiger partial charge in [-0.3, -0.25) is 0 Å². The molecule has 0 saturated carbocycles. The average molecular weight is 364 g/mol. The summed E-state index contributed by atoms with van der Waals surface area (Å²) in [4.78, 5) is 12.2. The molecule has 0 atom stereocenters. The van der Waals surface area contributed by atoms with Gasteiger partial charge in [-0.25, -0.2) is 22.4 Å². The molecule has 2 aromatic rings. The summed E-state index contributed by atoms with van der Waals surface area (Å²) in [6, 6.07) is 3.55. The van der Waals surface area contributed by atoms with Crippen molar-refractivity contribution in [3.63, 3.8) is 0 Å². The topological polar surface area (TPSA) is 26.3 Å². The van der Waals surface area contributed by atoms with Crippen molar-refractivity contribution in [2.45, 2.75) is 32.6 Å². The van der Waals surface area contributed by atoms with Crippen LogP contribution in [0.25, 0.3) is 0 Å². The van der Waals surface area contributed by atoms with E-state index in [-0.39, 0.29) is 17.7 Å². The van der Waals surface area contributed by atoms with Gasteiger partial charge in [0.05, 0.1) is 0 Å². The van der Waals surface area contributed by atoms with Crippen LogP contribution in [0.15, 0.2) is 35.9 Å². The largest absolute Gasteiger partial charge is 0.423 e. The van der Waals surface area contributed by atoms with Crippen molar-refractivity contribution in [3.05, 3.63) is 75.9 Å². The molecule has 0 saturated heterocycles. The minimum absolute atomic E-state index is 0.253. The fourth-order valence-corrected chi connectivity index (χ4v) is 3.05. The molecule has 0 aromatic heterocycles. The van der Waals surface area contributed by atoms with Gasteiger partial charge in [0.15, 0.2) is 11.6 Å². The van der Waals surface area contributed by atoms with Gasteiger partial charge < -0.3 is 4.74 Å². The van der Waals surface area contributed by atoms with E-state index in [1.165, 1.54) is 0 Å². The van der Waals surface area contributed by atoms with Crippen LogP contribution in [-0.2, 0) is 12.8 Å². The van der Waals surface area contributed by atoms with Crippen LogP contribution >= 0.6 is 0 Å². The van der Waals surface area contributed by atoms with Crippen LogP contribution in [0.3, 0.4) is 0 Å². The third-order valence-corrected chi connectivity index (χ3v) is 4.30. The van der Waals surface area contributed by atoms with Gasteiger partial charge in [-0.2, -0.15) is 0 Å². The average Bonchev–Trinajstić information content (AvgIpc) is 2.58. The summed E-state index contributed by atoms with van der Waals surface area (Å²) in [6.07, 6.45) is 4.38. The lowest BCUT2D eigenvalue weighted by Crippen LogP contribution is -2.17. The Morgan fingerprint density at radius 2 is 1.85 bits per heavy atom. The van der Waals surface area contributed by atoms with E-state index in [0.29, 0.717) is 18.1 Å². The van der Waals surface area contributed by atoms with E-state index in [2.05, 4.69) is 0 Å². The van der Waals surface area contributed by atoms with Crippen LogP contribution < -0.4 is 4.74 Å². The first-order chi connectivity index (χ1) is 12.4. The molecule has 0 aliphatic heterocycles. The zero-order valence-electron chi connectivity index (χ0n) is 14.0. The van der Waals surface area contributed by atoms with Crippen molar-refractivity contribution in [1.29, 1.82) is 0 Å². The second kappa shape index (κ2) is 7.32. The number of halogens is 4. The maximum atomic E-state index is 14.7. The first-order valence-electron chi connectivity index (χ1n) is 8.25. The number of benzene rings is 2. The summed E-state index contributed by atoms with van der Waals surface area (Å²) in [7, 11) is 0. The molecule has 6 heteroatoms. The van der Waals surface area contributed by atoms with Crippen molar-refractivity contribution in [1.82, 2.24) is 0 Å².